The van der Waals surface area contributed by atoms with Gasteiger partial charge in [-0.1, -0.05) is 32.9 Å². The predicted octanol–water partition coefficient (Wildman–Crippen LogP) is 3.28. The minimum Gasteiger partial charge on any atom is -0.487 e. The Morgan fingerprint density at radius 3 is 2.18 bits per heavy atom. The normalized spacial score (nSPS) is 28.6. The zero-order valence-electron chi connectivity index (χ0n) is 11.2. The van der Waals surface area contributed by atoms with Crippen LogP contribution in [0.1, 0.15) is 46.1 Å². The molecule has 0 spiro atoms. The molecule has 1 aliphatic rings. The van der Waals surface area contributed by atoms with Crippen molar-refractivity contribution in [3.05, 3.63) is 29.8 Å². The van der Waals surface area contributed by atoms with Crippen molar-refractivity contribution < 1.29 is 9.84 Å². The Labute approximate surface area is 104 Å². The van der Waals surface area contributed by atoms with E-state index >= 15 is 0 Å². The first-order valence-electron chi connectivity index (χ1n) is 6.29. The number of aliphatic hydroxyl groups is 1. The molecule has 2 heteroatoms. The molecule has 1 saturated carbocycles. The monoisotopic (exact) mass is 234 g/mol. The fourth-order valence-corrected chi connectivity index (χ4v) is 2.06. The van der Waals surface area contributed by atoms with Crippen molar-refractivity contribution in [2.75, 3.05) is 0 Å². The molecule has 2 atom stereocenters. The topological polar surface area (TPSA) is 29.5 Å². The highest BCUT2D eigenvalue weighted by Gasteiger charge is 2.42. The van der Waals surface area contributed by atoms with Gasteiger partial charge in [0.2, 0.25) is 0 Å². The second kappa shape index (κ2) is 4.02. The molecule has 0 heterocycles. The van der Waals surface area contributed by atoms with Gasteiger partial charge in [0.25, 0.3) is 0 Å². The molecule has 0 amide bonds. The minimum atomic E-state index is -0.650. The standard InChI is InChI=1S/C15H22O2/c1-14(2,3)11-5-7-12(8-6-11)17-13-9-10-15(13,4)16/h5-8,13,16H,9-10H2,1-4H3/t13-,15-/m0/s1. The lowest BCUT2D eigenvalue weighted by atomic mass is 9.78. The highest BCUT2D eigenvalue weighted by atomic mass is 16.5. The van der Waals surface area contributed by atoms with Gasteiger partial charge in [-0.3, -0.25) is 0 Å². The van der Waals surface area contributed by atoms with Gasteiger partial charge in [-0.2, -0.15) is 0 Å². The molecular formula is C15H22O2. The van der Waals surface area contributed by atoms with E-state index in [0.717, 1.165) is 18.6 Å². The molecular weight excluding hydrogens is 212 g/mol. The summed E-state index contributed by atoms with van der Waals surface area (Å²) < 4.78 is 5.78. The Kier molecular flexibility index (Phi) is 2.94. The van der Waals surface area contributed by atoms with E-state index in [1.165, 1.54) is 5.56 Å². The first kappa shape index (κ1) is 12.4. The van der Waals surface area contributed by atoms with Gasteiger partial charge in [-0.25, -0.2) is 0 Å². The molecule has 2 rings (SSSR count). The van der Waals surface area contributed by atoms with Crippen LogP contribution in [0.25, 0.3) is 0 Å². The summed E-state index contributed by atoms with van der Waals surface area (Å²) in [6.45, 7) is 8.42. The molecule has 0 aromatic heterocycles. The number of benzene rings is 1. The Morgan fingerprint density at radius 1 is 1.24 bits per heavy atom. The summed E-state index contributed by atoms with van der Waals surface area (Å²) in [7, 11) is 0. The van der Waals surface area contributed by atoms with E-state index in [4.69, 9.17) is 4.74 Å². The molecule has 0 radical (unpaired) electrons. The van der Waals surface area contributed by atoms with Crippen LogP contribution in [0.15, 0.2) is 24.3 Å². The van der Waals surface area contributed by atoms with Crippen molar-refractivity contribution in [1.29, 1.82) is 0 Å². The van der Waals surface area contributed by atoms with Crippen molar-refractivity contribution in [2.45, 2.75) is 57.7 Å². The first-order valence-corrected chi connectivity index (χ1v) is 6.29. The van der Waals surface area contributed by atoms with Crippen molar-refractivity contribution in [3.8, 4) is 5.75 Å². The van der Waals surface area contributed by atoms with E-state index in [-0.39, 0.29) is 11.5 Å². The van der Waals surface area contributed by atoms with E-state index < -0.39 is 5.60 Å². The van der Waals surface area contributed by atoms with Crippen LogP contribution in [0.2, 0.25) is 0 Å². The van der Waals surface area contributed by atoms with Crippen LogP contribution in [-0.4, -0.2) is 16.8 Å². The molecule has 0 bridgehead atoms. The fraction of sp³-hybridized carbons (Fsp3) is 0.600. The quantitative estimate of drug-likeness (QED) is 0.851. The van der Waals surface area contributed by atoms with Crippen molar-refractivity contribution >= 4 is 0 Å². The van der Waals surface area contributed by atoms with Gasteiger partial charge in [0, 0.05) is 0 Å². The van der Waals surface area contributed by atoms with Crippen LogP contribution in [0.3, 0.4) is 0 Å². The fourth-order valence-electron chi connectivity index (χ4n) is 2.06. The van der Waals surface area contributed by atoms with Crippen LogP contribution in [0, 0.1) is 0 Å². The molecule has 0 unspecified atom stereocenters. The van der Waals surface area contributed by atoms with Crippen molar-refractivity contribution in [3.63, 3.8) is 0 Å². The van der Waals surface area contributed by atoms with Gasteiger partial charge in [0.15, 0.2) is 0 Å². The molecule has 1 fully saturated rings. The third-order valence-electron chi connectivity index (χ3n) is 3.60. The highest BCUT2D eigenvalue weighted by molar-refractivity contribution is 5.31. The number of ether oxygens (including phenoxy) is 1. The molecule has 1 aromatic rings. The summed E-state index contributed by atoms with van der Waals surface area (Å²) in [5.74, 6) is 0.850. The average Bonchev–Trinajstić information content (AvgIpc) is 2.24. The Hall–Kier alpha value is -1.02. The van der Waals surface area contributed by atoms with Crippen LogP contribution >= 0.6 is 0 Å². The van der Waals surface area contributed by atoms with Gasteiger partial charge >= 0.3 is 0 Å². The third kappa shape index (κ3) is 2.63. The zero-order valence-corrected chi connectivity index (χ0v) is 11.2. The summed E-state index contributed by atoms with van der Waals surface area (Å²) in [6, 6.07) is 8.19. The largest absolute Gasteiger partial charge is 0.487 e. The summed E-state index contributed by atoms with van der Waals surface area (Å²) in [5.41, 5.74) is 0.814. The van der Waals surface area contributed by atoms with Crippen LogP contribution in [0.4, 0.5) is 0 Å². The van der Waals surface area contributed by atoms with Gasteiger partial charge in [0.1, 0.15) is 11.9 Å². The predicted molar refractivity (Wildman–Crippen MR) is 69.4 cm³/mol. The molecule has 1 aromatic carbocycles. The maximum absolute atomic E-state index is 9.89. The van der Waals surface area contributed by atoms with E-state index in [0.29, 0.717) is 0 Å². The Bertz CT molecular complexity index is 384. The molecule has 17 heavy (non-hydrogen) atoms. The number of rotatable bonds is 2. The van der Waals surface area contributed by atoms with Gasteiger partial charge in [-0.15, -0.1) is 0 Å². The van der Waals surface area contributed by atoms with Crippen LogP contribution in [0.5, 0.6) is 5.75 Å². The van der Waals surface area contributed by atoms with Gasteiger partial charge in [0.05, 0.1) is 5.60 Å². The lowest BCUT2D eigenvalue weighted by molar-refractivity contribution is -0.118. The summed E-state index contributed by atoms with van der Waals surface area (Å²) in [4.78, 5) is 0. The van der Waals surface area contributed by atoms with Crippen molar-refractivity contribution in [1.82, 2.24) is 0 Å². The van der Waals surface area contributed by atoms with Crippen LogP contribution in [-0.2, 0) is 5.41 Å². The molecule has 0 aliphatic heterocycles. The lowest BCUT2D eigenvalue weighted by Crippen LogP contribution is -2.52. The number of hydrogen-bond donors (Lipinski definition) is 1. The summed E-state index contributed by atoms with van der Waals surface area (Å²) in [5, 5.41) is 9.89. The molecule has 1 aliphatic carbocycles. The van der Waals surface area contributed by atoms with E-state index in [1.54, 1.807) is 0 Å². The van der Waals surface area contributed by atoms with E-state index in [2.05, 4.69) is 32.9 Å². The van der Waals surface area contributed by atoms with E-state index in [1.807, 2.05) is 19.1 Å². The first-order chi connectivity index (χ1) is 7.79. The second-order valence-corrected chi connectivity index (χ2v) is 6.28. The highest BCUT2D eigenvalue weighted by Crippen LogP contribution is 2.35. The molecule has 2 nitrogen and oxygen atoms in total. The lowest BCUT2D eigenvalue weighted by Gasteiger charge is -2.42. The molecule has 1 N–H and O–H groups in total. The summed E-state index contributed by atoms with van der Waals surface area (Å²) >= 11 is 0. The maximum Gasteiger partial charge on any atom is 0.127 e. The van der Waals surface area contributed by atoms with Gasteiger partial charge in [-0.05, 0) is 42.9 Å². The molecule has 0 saturated heterocycles. The number of hydrogen-bond acceptors (Lipinski definition) is 2. The Balaban J connectivity index is 2.04. The summed E-state index contributed by atoms with van der Waals surface area (Å²) in [6.07, 6.45) is 1.72. The minimum absolute atomic E-state index is 0.0528. The third-order valence-corrected chi connectivity index (χ3v) is 3.60. The maximum atomic E-state index is 9.89. The smallest absolute Gasteiger partial charge is 0.127 e. The SMILES string of the molecule is CC(C)(C)c1ccc(O[C@H]2CC[C@]2(C)O)cc1. The second-order valence-electron chi connectivity index (χ2n) is 6.28. The van der Waals surface area contributed by atoms with Crippen molar-refractivity contribution in [2.24, 2.45) is 0 Å². The average molecular weight is 234 g/mol. The van der Waals surface area contributed by atoms with E-state index in [9.17, 15) is 5.11 Å². The Morgan fingerprint density at radius 2 is 1.82 bits per heavy atom. The molecule has 94 valence electrons. The van der Waals surface area contributed by atoms with Crippen LogP contribution < -0.4 is 4.74 Å². The zero-order chi connectivity index (χ0) is 12.7. The van der Waals surface area contributed by atoms with Gasteiger partial charge < -0.3 is 9.84 Å².